The summed E-state index contributed by atoms with van der Waals surface area (Å²) in [5.41, 5.74) is 2.23. The molecular weight excluding hydrogens is 321 g/mol. The van der Waals surface area contributed by atoms with E-state index in [1.54, 1.807) is 19.2 Å². The molecule has 2 nitrogen and oxygen atoms in total. The molecule has 0 amide bonds. The van der Waals surface area contributed by atoms with E-state index in [0.29, 0.717) is 0 Å². The third kappa shape index (κ3) is 3.81. The molecule has 0 unspecified atom stereocenters. The third-order valence-corrected chi connectivity index (χ3v) is 3.82. The van der Waals surface area contributed by atoms with Crippen LogP contribution in [-0.2, 0) is 6.54 Å². The van der Waals surface area contributed by atoms with Gasteiger partial charge in [0, 0.05) is 12.6 Å². The van der Waals surface area contributed by atoms with E-state index in [4.69, 9.17) is 4.74 Å². The van der Waals surface area contributed by atoms with Crippen LogP contribution in [0.2, 0.25) is 0 Å². The zero-order valence-corrected chi connectivity index (χ0v) is 13.1. The number of nitrogens with one attached hydrogen (secondary N) is 1. The van der Waals surface area contributed by atoms with Crippen molar-refractivity contribution in [3.05, 3.63) is 63.9 Å². The van der Waals surface area contributed by atoms with E-state index in [1.807, 2.05) is 18.2 Å². The van der Waals surface area contributed by atoms with Crippen molar-refractivity contribution in [2.24, 2.45) is 0 Å². The number of benzene rings is 2. The monoisotopic (exact) mass is 337 g/mol. The standard InChI is InChI=1S/C16H17BrFNO/c1-11(13-4-6-14(18)7-5-13)19-10-12-3-8-16(20-2)15(17)9-12/h3-9,11,19H,10H2,1-2H3/t11-/m0/s1. The van der Waals surface area contributed by atoms with Gasteiger partial charge in [-0.05, 0) is 58.2 Å². The molecule has 0 aliphatic carbocycles. The Bertz CT molecular complexity index is 571. The van der Waals surface area contributed by atoms with Gasteiger partial charge in [-0.2, -0.15) is 0 Å². The average Bonchev–Trinajstić information content (AvgIpc) is 2.45. The number of rotatable bonds is 5. The smallest absolute Gasteiger partial charge is 0.133 e. The van der Waals surface area contributed by atoms with E-state index in [2.05, 4.69) is 28.2 Å². The van der Waals surface area contributed by atoms with Crippen molar-refractivity contribution < 1.29 is 9.13 Å². The summed E-state index contributed by atoms with van der Waals surface area (Å²) in [6, 6.07) is 12.7. The van der Waals surface area contributed by atoms with Gasteiger partial charge in [-0.3, -0.25) is 0 Å². The maximum absolute atomic E-state index is 12.9. The predicted octanol–water partition coefficient (Wildman–Crippen LogP) is 4.45. The van der Waals surface area contributed by atoms with Crippen LogP contribution in [0.25, 0.3) is 0 Å². The van der Waals surface area contributed by atoms with Crippen LogP contribution in [0.3, 0.4) is 0 Å². The fourth-order valence-corrected chi connectivity index (χ4v) is 2.55. The molecule has 2 aromatic carbocycles. The Hall–Kier alpha value is -1.39. The molecule has 0 saturated heterocycles. The molecule has 2 aromatic rings. The Morgan fingerprint density at radius 1 is 1.20 bits per heavy atom. The molecule has 20 heavy (non-hydrogen) atoms. The average molecular weight is 338 g/mol. The van der Waals surface area contributed by atoms with Crippen molar-refractivity contribution in [3.8, 4) is 5.75 Å². The van der Waals surface area contributed by atoms with E-state index < -0.39 is 0 Å². The molecule has 0 aliphatic heterocycles. The van der Waals surface area contributed by atoms with Gasteiger partial charge >= 0.3 is 0 Å². The molecular formula is C16H17BrFNO. The summed E-state index contributed by atoms with van der Waals surface area (Å²) in [6.07, 6.45) is 0. The van der Waals surface area contributed by atoms with Gasteiger partial charge in [0.25, 0.3) is 0 Å². The number of hydrogen-bond acceptors (Lipinski definition) is 2. The lowest BCUT2D eigenvalue weighted by Gasteiger charge is -2.15. The van der Waals surface area contributed by atoms with Gasteiger partial charge < -0.3 is 10.1 Å². The summed E-state index contributed by atoms with van der Waals surface area (Å²) < 4.78 is 19.0. The fourth-order valence-electron chi connectivity index (χ4n) is 1.96. The highest BCUT2D eigenvalue weighted by molar-refractivity contribution is 9.10. The first-order valence-electron chi connectivity index (χ1n) is 6.41. The van der Waals surface area contributed by atoms with Crippen molar-refractivity contribution in [1.29, 1.82) is 0 Å². The highest BCUT2D eigenvalue weighted by Gasteiger charge is 2.06. The van der Waals surface area contributed by atoms with Crippen LogP contribution in [0.1, 0.15) is 24.1 Å². The van der Waals surface area contributed by atoms with Gasteiger partial charge in [-0.15, -0.1) is 0 Å². The lowest BCUT2D eigenvalue weighted by atomic mass is 10.1. The molecule has 0 aliphatic rings. The summed E-state index contributed by atoms with van der Waals surface area (Å²) >= 11 is 3.47. The summed E-state index contributed by atoms with van der Waals surface area (Å²) in [6.45, 7) is 2.80. The van der Waals surface area contributed by atoms with Crippen LogP contribution >= 0.6 is 15.9 Å². The van der Waals surface area contributed by atoms with Gasteiger partial charge in [-0.25, -0.2) is 4.39 Å². The van der Waals surface area contributed by atoms with Gasteiger partial charge in [0.15, 0.2) is 0 Å². The largest absolute Gasteiger partial charge is 0.496 e. The second kappa shape index (κ2) is 6.86. The number of hydrogen-bond donors (Lipinski definition) is 1. The summed E-state index contributed by atoms with van der Waals surface area (Å²) in [4.78, 5) is 0. The first-order chi connectivity index (χ1) is 9.60. The fraction of sp³-hybridized carbons (Fsp3) is 0.250. The Morgan fingerprint density at radius 2 is 1.90 bits per heavy atom. The van der Waals surface area contributed by atoms with Crippen LogP contribution in [0, 0.1) is 5.82 Å². The lowest BCUT2D eigenvalue weighted by molar-refractivity contribution is 0.412. The first kappa shape index (κ1) is 15.0. The zero-order valence-electron chi connectivity index (χ0n) is 11.5. The summed E-state index contributed by atoms with van der Waals surface area (Å²) in [7, 11) is 1.65. The van der Waals surface area contributed by atoms with Crippen LogP contribution in [0.15, 0.2) is 46.9 Å². The van der Waals surface area contributed by atoms with Gasteiger partial charge in [0.2, 0.25) is 0 Å². The summed E-state index contributed by atoms with van der Waals surface area (Å²) in [5.74, 6) is 0.611. The van der Waals surface area contributed by atoms with Crippen LogP contribution in [0.5, 0.6) is 5.75 Å². The van der Waals surface area contributed by atoms with Gasteiger partial charge in [0.05, 0.1) is 11.6 Å². The van der Waals surface area contributed by atoms with Crippen molar-refractivity contribution in [2.45, 2.75) is 19.5 Å². The minimum absolute atomic E-state index is 0.163. The molecule has 0 aromatic heterocycles. The van der Waals surface area contributed by atoms with E-state index in [9.17, 15) is 4.39 Å². The Kier molecular flexibility index (Phi) is 5.15. The van der Waals surface area contributed by atoms with Crippen LogP contribution in [-0.4, -0.2) is 7.11 Å². The molecule has 0 spiro atoms. The maximum atomic E-state index is 12.9. The van der Waals surface area contributed by atoms with E-state index >= 15 is 0 Å². The van der Waals surface area contributed by atoms with E-state index in [0.717, 1.165) is 27.9 Å². The zero-order chi connectivity index (χ0) is 14.5. The third-order valence-electron chi connectivity index (χ3n) is 3.20. The molecule has 0 bridgehead atoms. The van der Waals surface area contributed by atoms with Gasteiger partial charge in [0.1, 0.15) is 11.6 Å². The highest BCUT2D eigenvalue weighted by Crippen LogP contribution is 2.25. The van der Waals surface area contributed by atoms with Crippen molar-refractivity contribution >= 4 is 15.9 Å². The van der Waals surface area contributed by atoms with Gasteiger partial charge in [-0.1, -0.05) is 18.2 Å². The Balaban J connectivity index is 1.97. The molecule has 0 saturated carbocycles. The maximum Gasteiger partial charge on any atom is 0.133 e. The minimum atomic E-state index is -0.208. The number of ether oxygens (including phenoxy) is 1. The second-order valence-electron chi connectivity index (χ2n) is 4.62. The van der Waals surface area contributed by atoms with Crippen molar-refractivity contribution in [1.82, 2.24) is 5.32 Å². The summed E-state index contributed by atoms with van der Waals surface area (Å²) in [5, 5.41) is 3.42. The molecule has 0 fully saturated rings. The van der Waals surface area contributed by atoms with Crippen LogP contribution < -0.4 is 10.1 Å². The van der Waals surface area contributed by atoms with Crippen molar-refractivity contribution in [3.63, 3.8) is 0 Å². The Labute approximate surface area is 127 Å². The van der Waals surface area contributed by atoms with E-state index in [1.165, 1.54) is 12.1 Å². The highest BCUT2D eigenvalue weighted by atomic mass is 79.9. The SMILES string of the molecule is COc1ccc(CN[C@@H](C)c2ccc(F)cc2)cc1Br. The molecule has 0 radical (unpaired) electrons. The van der Waals surface area contributed by atoms with E-state index in [-0.39, 0.29) is 11.9 Å². The molecule has 2 rings (SSSR count). The predicted molar refractivity (Wildman–Crippen MR) is 82.3 cm³/mol. The second-order valence-corrected chi connectivity index (χ2v) is 5.48. The quantitative estimate of drug-likeness (QED) is 0.870. The van der Waals surface area contributed by atoms with Crippen molar-refractivity contribution in [2.75, 3.05) is 7.11 Å². The normalized spacial score (nSPS) is 12.2. The molecule has 0 heterocycles. The molecule has 1 N–H and O–H groups in total. The molecule has 4 heteroatoms. The van der Waals surface area contributed by atoms with Crippen LogP contribution in [0.4, 0.5) is 4.39 Å². The lowest BCUT2D eigenvalue weighted by Crippen LogP contribution is -2.18. The molecule has 1 atom stereocenters. The number of methoxy groups -OCH3 is 1. The first-order valence-corrected chi connectivity index (χ1v) is 7.20. The molecule has 106 valence electrons. The topological polar surface area (TPSA) is 21.3 Å². The Morgan fingerprint density at radius 3 is 2.50 bits per heavy atom. The number of halogens is 2. The minimum Gasteiger partial charge on any atom is -0.496 e.